The van der Waals surface area contributed by atoms with Crippen molar-refractivity contribution in [3.8, 4) is 0 Å². The Labute approximate surface area is 133 Å². The third-order valence-electron chi connectivity index (χ3n) is 2.92. The van der Waals surface area contributed by atoms with E-state index < -0.39 is 6.03 Å². The predicted molar refractivity (Wildman–Crippen MR) is 88.1 cm³/mol. The quantitative estimate of drug-likeness (QED) is 0.766. The predicted octanol–water partition coefficient (Wildman–Crippen LogP) is 4.66. The molecule has 0 aliphatic carbocycles. The summed E-state index contributed by atoms with van der Waals surface area (Å²) in [7, 11) is 0. The van der Waals surface area contributed by atoms with Gasteiger partial charge < -0.3 is 16.4 Å². The zero-order valence-electron chi connectivity index (χ0n) is 11.4. The molecule has 2 amide bonds. The van der Waals surface area contributed by atoms with Gasteiger partial charge in [0.2, 0.25) is 0 Å². The summed E-state index contributed by atoms with van der Waals surface area (Å²) in [4.78, 5) is 10.8. The zero-order valence-corrected chi connectivity index (χ0v) is 12.9. The maximum absolute atomic E-state index is 10.8. The first-order valence-electron chi connectivity index (χ1n) is 6.33. The second-order valence-electron chi connectivity index (χ2n) is 4.64. The molecule has 0 saturated carbocycles. The Balaban J connectivity index is 2.09. The van der Waals surface area contributed by atoms with Crippen LogP contribution in [0.4, 0.5) is 16.2 Å². The Hall–Kier alpha value is -1.91. The van der Waals surface area contributed by atoms with E-state index in [1.54, 1.807) is 18.2 Å². The molecule has 2 aromatic carbocycles. The molecular weight excluding hydrogens is 309 g/mol. The number of rotatable bonds is 4. The highest BCUT2D eigenvalue weighted by Gasteiger charge is 2.07. The van der Waals surface area contributed by atoms with E-state index >= 15 is 0 Å². The fourth-order valence-corrected chi connectivity index (χ4v) is 2.49. The number of nitrogens with one attached hydrogen (secondary N) is 2. The van der Waals surface area contributed by atoms with Crippen molar-refractivity contribution >= 4 is 40.6 Å². The molecule has 0 aliphatic heterocycles. The standard InChI is InChI=1S/C15H15Cl2N3O/c1-9(19-14-7-11(16)6-12(17)8-14)10-2-4-13(5-3-10)20-15(18)21/h2-9,19H,1H3,(H3,18,20,21). The summed E-state index contributed by atoms with van der Waals surface area (Å²) in [6, 6.07) is 12.2. The van der Waals surface area contributed by atoms with Gasteiger partial charge in [-0.15, -0.1) is 0 Å². The van der Waals surface area contributed by atoms with Crippen molar-refractivity contribution in [1.29, 1.82) is 0 Å². The van der Waals surface area contributed by atoms with Gasteiger partial charge in [0.1, 0.15) is 0 Å². The van der Waals surface area contributed by atoms with E-state index in [0.29, 0.717) is 15.7 Å². The van der Waals surface area contributed by atoms with Crippen LogP contribution in [0.15, 0.2) is 42.5 Å². The summed E-state index contributed by atoms with van der Waals surface area (Å²) in [5.41, 5.74) is 7.63. The Morgan fingerprint density at radius 2 is 1.62 bits per heavy atom. The van der Waals surface area contributed by atoms with Crippen LogP contribution in [0.5, 0.6) is 0 Å². The van der Waals surface area contributed by atoms with Crippen molar-refractivity contribution in [3.63, 3.8) is 0 Å². The van der Waals surface area contributed by atoms with Crippen LogP contribution in [-0.4, -0.2) is 6.03 Å². The molecule has 110 valence electrons. The number of hydrogen-bond acceptors (Lipinski definition) is 2. The van der Waals surface area contributed by atoms with Crippen molar-refractivity contribution in [3.05, 3.63) is 58.1 Å². The molecule has 0 bridgehead atoms. The summed E-state index contributed by atoms with van der Waals surface area (Å²) in [5.74, 6) is 0. The number of primary amides is 1. The average Bonchev–Trinajstić information content (AvgIpc) is 2.37. The Morgan fingerprint density at radius 1 is 1.05 bits per heavy atom. The molecule has 0 spiro atoms. The number of benzene rings is 2. The molecule has 1 atom stereocenters. The van der Waals surface area contributed by atoms with Gasteiger partial charge in [0.25, 0.3) is 0 Å². The lowest BCUT2D eigenvalue weighted by molar-refractivity contribution is 0.259. The first kappa shape index (κ1) is 15.5. The number of halogens is 2. The smallest absolute Gasteiger partial charge is 0.316 e. The summed E-state index contributed by atoms with van der Waals surface area (Å²) in [5, 5.41) is 7.00. The van der Waals surface area contributed by atoms with Gasteiger partial charge in [0.15, 0.2) is 0 Å². The van der Waals surface area contributed by atoms with Gasteiger partial charge in [-0.2, -0.15) is 0 Å². The number of carbonyl (C=O) groups is 1. The highest BCUT2D eigenvalue weighted by atomic mass is 35.5. The Bertz CT molecular complexity index is 624. The van der Waals surface area contributed by atoms with Gasteiger partial charge in [-0.3, -0.25) is 0 Å². The van der Waals surface area contributed by atoms with E-state index in [1.807, 2.05) is 31.2 Å². The van der Waals surface area contributed by atoms with Crippen LogP contribution in [0.2, 0.25) is 10.0 Å². The third-order valence-corrected chi connectivity index (χ3v) is 3.36. The molecule has 2 aromatic rings. The van der Waals surface area contributed by atoms with Gasteiger partial charge >= 0.3 is 6.03 Å². The van der Waals surface area contributed by atoms with Crippen LogP contribution < -0.4 is 16.4 Å². The van der Waals surface area contributed by atoms with Crippen molar-refractivity contribution < 1.29 is 4.79 Å². The highest BCUT2D eigenvalue weighted by Crippen LogP contribution is 2.26. The first-order valence-corrected chi connectivity index (χ1v) is 7.08. The minimum atomic E-state index is -0.581. The molecule has 4 N–H and O–H groups in total. The van der Waals surface area contributed by atoms with Gasteiger partial charge in [-0.05, 0) is 42.8 Å². The molecule has 0 aromatic heterocycles. The van der Waals surface area contributed by atoms with Crippen molar-refractivity contribution in [1.82, 2.24) is 0 Å². The van der Waals surface area contributed by atoms with E-state index in [4.69, 9.17) is 28.9 Å². The fourth-order valence-electron chi connectivity index (χ4n) is 1.97. The molecule has 6 heteroatoms. The number of nitrogens with two attached hydrogens (primary N) is 1. The molecule has 0 aliphatic rings. The van der Waals surface area contributed by atoms with Crippen molar-refractivity contribution in [2.75, 3.05) is 10.6 Å². The lowest BCUT2D eigenvalue weighted by atomic mass is 10.1. The van der Waals surface area contributed by atoms with E-state index in [1.165, 1.54) is 0 Å². The second kappa shape index (κ2) is 6.70. The molecule has 0 heterocycles. The monoisotopic (exact) mass is 323 g/mol. The molecule has 0 radical (unpaired) electrons. The van der Waals surface area contributed by atoms with Crippen LogP contribution in [0, 0.1) is 0 Å². The largest absolute Gasteiger partial charge is 0.378 e. The van der Waals surface area contributed by atoms with Crippen LogP contribution in [0.1, 0.15) is 18.5 Å². The third kappa shape index (κ3) is 4.55. The summed E-state index contributed by atoms with van der Waals surface area (Å²) in [6.07, 6.45) is 0. The lowest BCUT2D eigenvalue weighted by Crippen LogP contribution is -2.19. The minimum Gasteiger partial charge on any atom is -0.378 e. The lowest BCUT2D eigenvalue weighted by Gasteiger charge is -2.16. The van der Waals surface area contributed by atoms with Gasteiger partial charge in [-0.25, -0.2) is 4.79 Å². The molecule has 2 rings (SSSR count). The summed E-state index contributed by atoms with van der Waals surface area (Å²) >= 11 is 11.9. The first-order chi connectivity index (χ1) is 9.94. The molecule has 1 unspecified atom stereocenters. The topological polar surface area (TPSA) is 67.2 Å². The fraction of sp³-hybridized carbons (Fsp3) is 0.133. The SMILES string of the molecule is CC(Nc1cc(Cl)cc(Cl)c1)c1ccc(NC(N)=O)cc1. The van der Waals surface area contributed by atoms with Crippen LogP contribution >= 0.6 is 23.2 Å². The minimum absolute atomic E-state index is 0.0576. The zero-order chi connectivity index (χ0) is 15.4. The molecule has 21 heavy (non-hydrogen) atoms. The molecular formula is C15H15Cl2N3O. The normalized spacial score (nSPS) is 11.8. The maximum Gasteiger partial charge on any atom is 0.316 e. The number of urea groups is 1. The Morgan fingerprint density at radius 3 is 2.14 bits per heavy atom. The van der Waals surface area contributed by atoms with E-state index in [-0.39, 0.29) is 6.04 Å². The number of anilines is 2. The van der Waals surface area contributed by atoms with E-state index in [9.17, 15) is 4.79 Å². The van der Waals surface area contributed by atoms with Gasteiger partial charge in [0.05, 0.1) is 0 Å². The second-order valence-corrected chi connectivity index (χ2v) is 5.51. The Kier molecular flexibility index (Phi) is 4.94. The molecule has 0 fully saturated rings. The average molecular weight is 324 g/mol. The van der Waals surface area contributed by atoms with Crippen LogP contribution in [-0.2, 0) is 0 Å². The van der Waals surface area contributed by atoms with Gasteiger partial charge in [-0.1, -0.05) is 35.3 Å². The summed E-state index contributed by atoms with van der Waals surface area (Å²) < 4.78 is 0. The maximum atomic E-state index is 10.8. The van der Waals surface area contributed by atoms with Crippen LogP contribution in [0.25, 0.3) is 0 Å². The van der Waals surface area contributed by atoms with Crippen molar-refractivity contribution in [2.24, 2.45) is 5.73 Å². The number of amides is 2. The molecule has 4 nitrogen and oxygen atoms in total. The van der Waals surface area contributed by atoms with Crippen LogP contribution in [0.3, 0.4) is 0 Å². The molecule has 0 saturated heterocycles. The van der Waals surface area contributed by atoms with Crippen molar-refractivity contribution in [2.45, 2.75) is 13.0 Å². The number of hydrogen-bond donors (Lipinski definition) is 3. The number of carbonyl (C=O) groups excluding carboxylic acids is 1. The van der Waals surface area contributed by atoms with E-state index in [2.05, 4.69) is 10.6 Å². The van der Waals surface area contributed by atoms with Gasteiger partial charge in [0, 0.05) is 27.5 Å². The van der Waals surface area contributed by atoms with E-state index in [0.717, 1.165) is 11.3 Å². The summed E-state index contributed by atoms with van der Waals surface area (Å²) in [6.45, 7) is 2.02. The highest BCUT2D eigenvalue weighted by molar-refractivity contribution is 6.35.